The van der Waals surface area contributed by atoms with E-state index in [4.69, 9.17) is 25.8 Å². The zero-order valence-corrected chi connectivity index (χ0v) is 18.4. The Bertz CT molecular complexity index is 1180. The average Bonchev–Trinajstić information content (AvgIpc) is 2.81. The fourth-order valence-corrected chi connectivity index (χ4v) is 5.73. The summed E-state index contributed by atoms with van der Waals surface area (Å²) in [7, 11) is -17.0. The second-order valence-corrected chi connectivity index (χ2v) is 10.7. The van der Waals surface area contributed by atoms with Gasteiger partial charge in [0, 0.05) is 11.8 Å². The van der Waals surface area contributed by atoms with E-state index in [1.54, 1.807) is 0 Å². The van der Waals surface area contributed by atoms with Gasteiger partial charge in [-0.25, -0.2) is 18.5 Å². The number of hydrogen-bond donors (Lipinski definition) is 7. The molecule has 20 heteroatoms. The van der Waals surface area contributed by atoms with Crippen LogP contribution >= 0.6 is 23.5 Å². The molecule has 1 saturated heterocycles. The van der Waals surface area contributed by atoms with Crippen LogP contribution < -0.4 is 11.2 Å². The van der Waals surface area contributed by atoms with E-state index in [2.05, 4.69) is 13.1 Å². The molecule has 1 aromatic rings. The zero-order chi connectivity index (χ0) is 24.7. The lowest BCUT2D eigenvalue weighted by Crippen LogP contribution is -2.48. The Balaban J connectivity index is 2.24. The van der Waals surface area contributed by atoms with E-state index in [0.29, 0.717) is 4.57 Å². The first-order chi connectivity index (χ1) is 14.4. The number of aromatic nitrogens is 2. The molecular weight excluding hydrogens is 505 g/mol. The van der Waals surface area contributed by atoms with Gasteiger partial charge >= 0.3 is 29.2 Å². The summed E-state index contributed by atoms with van der Waals surface area (Å²) in [6.45, 7) is 0.130. The van der Waals surface area contributed by atoms with Crippen LogP contribution in [-0.2, 0) is 31.6 Å². The maximum Gasteiger partial charge on any atom is 0.490 e. The normalized spacial score (nSPS) is 29.8. The van der Waals surface area contributed by atoms with Crippen LogP contribution in [0.1, 0.15) is 11.9 Å². The van der Waals surface area contributed by atoms with E-state index in [9.17, 15) is 38.4 Å². The Labute approximate surface area is 177 Å². The molecule has 0 aliphatic carbocycles. The van der Waals surface area contributed by atoms with Gasteiger partial charge in [0.2, 0.25) is 0 Å². The van der Waals surface area contributed by atoms with Crippen LogP contribution in [0.2, 0.25) is 0 Å². The molecule has 1 fully saturated rings. The lowest BCUT2D eigenvalue weighted by molar-refractivity contribution is -0.0771. The van der Waals surface area contributed by atoms with Crippen molar-refractivity contribution in [3.8, 4) is 12.3 Å². The van der Waals surface area contributed by atoms with Crippen LogP contribution in [0.15, 0.2) is 15.7 Å². The predicted octanol–water partition coefficient (Wildman–Crippen LogP) is -2.19. The van der Waals surface area contributed by atoms with Crippen molar-refractivity contribution in [1.82, 2.24) is 9.55 Å². The summed E-state index contributed by atoms with van der Waals surface area (Å²) in [6, 6.07) is 0.952. The number of phosphoric ester groups is 1. The molecule has 0 spiro atoms. The molecule has 0 saturated carbocycles. The van der Waals surface area contributed by atoms with Gasteiger partial charge in [-0.2, -0.15) is 8.62 Å². The second kappa shape index (κ2) is 9.05. The first-order valence-electron chi connectivity index (χ1n) is 8.05. The van der Waals surface area contributed by atoms with Crippen molar-refractivity contribution in [2.45, 2.75) is 31.0 Å². The summed E-state index contributed by atoms with van der Waals surface area (Å²) in [5.74, 6) is 1.82. The number of H-pyrrole nitrogens is 1. The molecule has 17 nitrogen and oxygen atoms in total. The maximum atomic E-state index is 12.1. The topological polar surface area (TPSA) is 264 Å². The molecule has 1 aromatic heterocycles. The lowest BCUT2D eigenvalue weighted by Gasteiger charge is -2.27. The van der Waals surface area contributed by atoms with Gasteiger partial charge in [-0.3, -0.25) is 18.9 Å². The minimum Gasteiger partial charge on any atom is -0.386 e. The minimum atomic E-state index is -5.79. The van der Waals surface area contributed by atoms with E-state index in [1.165, 1.54) is 6.92 Å². The highest BCUT2D eigenvalue weighted by atomic mass is 31.3. The van der Waals surface area contributed by atoms with E-state index in [-0.39, 0.29) is 5.69 Å². The van der Waals surface area contributed by atoms with Gasteiger partial charge in [0.15, 0.2) is 11.8 Å². The largest absolute Gasteiger partial charge is 0.490 e. The molecule has 32 heavy (non-hydrogen) atoms. The number of nitrogens with zero attached hydrogens (tertiary/aromatic N) is 1. The number of ether oxygens (including phenoxy) is 1. The Hall–Kier alpha value is -1.47. The quantitative estimate of drug-likeness (QED) is 0.141. The molecule has 7 N–H and O–H groups in total. The number of nitrogens with one attached hydrogen (secondary N) is 1. The number of terminal acetylenes is 1. The van der Waals surface area contributed by atoms with Crippen molar-refractivity contribution in [3.05, 3.63) is 32.6 Å². The van der Waals surface area contributed by atoms with Crippen LogP contribution in [0, 0.1) is 19.3 Å². The molecule has 4 unspecified atom stereocenters. The molecule has 0 amide bonds. The van der Waals surface area contributed by atoms with Gasteiger partial charge < -0.3 is 34.5 Å². The molecule has 1 aliphatic heterocycles. The van der Waals surface area contributed by atoms with Crippen molar-refractivity contribution < 1.29 is 61.4 Å². The minimum absolute atomic E-state index is 0.0434. The number of aryl methyl sites for hydroxylation is 1. The second-order valence-electron chi connectivity index (χ2n) is 6.28. The summed E-state index contributed by atoms with van der Waals surface area (Å²) in [6.07, 6.45) is -0.386. The molecule has 0 aromatic carbocycles. The van der Waals surface area contributed by atoms with Crippen molar-refractivity contribution in [2.75, 3.05) is 6.61 Å². The average molecular weight is 522 g/mol. The van der Waals surface area contributed by atoms with Gasteiger partial charge in [0.25, 0.3) is 5.56 Å². The third-order valence-electron chi connectivity index (χ3n) is 3.94. The standard InChI is InChI=1S/C12H17N2O15P3/c1-3-12(18)9(16)7(27-10(12)14-6(2)4-8(15)13-11(14)17)5-26-31(22,23)29-32(24,25)28-30(19,20)21/h1,4,7,9-10,16,18H,5H2,2H3,(H,22,23)(H,24,25)(H,13,15,17)(H2,19,20,21)/t7?,9?,10-,12-/m1/s1. The summed E-state index contributed by atoms with van der Waals surface area (Å²) in [5.41, 5.74) is -4.51. The summed E-state index contributed by atoms with van der Waals surface area (Å²) in [4.78, 5) is 61.0. The summed E-state index contributed by atoms with van der Waals surface area (Å²) >= 11 is 0. The molecule has 180 valence electrons. The van der Waals surface area contributed by atoms with Crippen molar-refractivity contribution in [3.63, 3.8) is 0 Å². The fraction of sp³-hybridized carbons (Fsp3) is 0.500. The fourth-order valence-electron chi connectivity index (χ4n) is 2.70. The monoisotopic (exact) mass is 522 g/mol. The van der Waals surface area contributed by atoms with Crippen molar-refractivity contribution >= 4 is 23.5 Å². The number of hydrogen-bond acceptors (Lipinski definition) is 11. The highest BCUT2D eigenvalue weighted by Crippen LogP contribution is 2.66. The number of aliphatic hydroxyl groups excluding tert-OH is 1. The van der Waals surface area contributed by atoms with Gasteiger partial charge in [-0.1, -0.05) is 5.92 Å². The SMILES string of the molecule is C#C[C@@]1(O)C(O)C(COP(=O)(O)OP(=O)(O)OP(=O)(O)O)O[C@H]1n1c(C)cc(=O)[nH]c1=O. The third-order valence-corrected chi connectivity index (χ3v) is 7.74. The maximum absolute atomic E-state index is 12.1. The van der Waals surface area contributed by atoms with E-state index in [0.717, 1.165) is 6.07 Å². The Morgan fingerprint density at radius 3 is 2.31 bits per heavy atom. The number of aliphatic hydroxyl groups is 2. The lowest BCUT2D eigenvalue weighted by atomic mass is 9.95. The van der Waals surface area contributed by atoms with Gasteiger partial charge in [0.05, 0.1) is 6.61 Å². The summed E-state index contributed by atoms with van der Waals surface area (Å²) < 4.78 is 51.1. The van der Waals surface area contributed by atoms with Gasteiger partial charge in [-0.15, -0.1) is 6.42 Å². The van der Waals surface area contributed by atoms with E-state index in [1.807, 2.05) is 10.9 Å². The molecule has 2 heterocycles. The van der Waals surface area contributed by atoms with Crippen LogP contribution in [0.4, 0.5) is 0 Å². The highest BCUT2D eigenvalue weighted by Gasteiger charge is 2.57. The highest BCUT2D eigenvalue weighted by molar-refractivity contribution is 7.66. The molecule has 0 bridgehead atoms. The molecule has 2 rings (SSSR count). The molecule has 0 radical (unpaired) electrons. The smallest absolute Gasteiger partial charge is 0.386 e. The molecular formula is C12H17N2O15P3. The van der Waals surface area contributed by atoms with Gasteiger partial charge in [0.1, 0.15) is 12.2 Å². The first kappa shape index (κ1) is 26.8. The molecule has 1 aliphatic rings. The Morgan fingerprint density at radius 2 is 1.81 bits per heavy atom. The Kier molecular flexibility index (Phi) is 7.58. The number of phosphoric acid groups is 3. The number of rotatable bonds is 8. The first-order valence-corrected chi connectivity index (χ1v) is 12.6. The van der Waals surface area contributed by atoms with Crippen molar-refractivity contribution in [2.24, 2.45) is 0 Å². The third kappa shape index (κ3) is 6.10. The Morgan fingerprint density at radius 1 is 1.22 bits per heavy atom. The van der Waals surface area contributed by atoms with E-state index < -0.39 is 65.4 Å². The van der Waals surface area contributed by atoms with Crippen LogP contribution in [0.3, 0.4) is 0 Å². The predicted molar refractivity (Wildman–Crippen MR) is 99.6 cm³/mol. The zero-order valence-electron chi connectivity index (χ0n) is 15.7. The van der Waals surface area contributed by atoms with Gasteiger partial charge in [-0.05, 0) is 6.92 Å². The van der Waals surface area contributed by atoms with Crippen LogP contribution in [0.25, 0.3) is 0 Å². The molecule has 6 atom stereocenters. The number of aromatic amines is 1. The van der Waals surface area contributed by atoms with Crippen LogP contribution in [-0.4, -0.2) is 63.8 Å². The summed E-state index contributed by atoms with van der Waals surface area (Å²) in [5, 5.41) is 21.0. The van der Waals surface area contributed by atoms with Crippen molar-refractivity contribution in [1.29, 1.82) is 0 Å². The van der Waals surface area contributed by atoms with E-state index >= 15 is 0 Å². The van der Waals surface area contributed by atoms with Crippen LogP contribution in [0.5, 0.6) is 0 Å².